The van der Waals surface area contributed by atoms with Crippen LogP contribution in [0.15, 0.2) is 60.2 Å². The zero-order valence-electron chi connectivity index (χ0n) is 21.3. The second-order valence-electron chi connectivity index (χ2n) is 10.0. The Morgan fingerprint density at radius 2 is 1.91 bits per heavy atom. The summed E-state index contributed by atoms with van der Waals surface area (Å²) in [6, 6.07) is 16.3. The molecule has 3 atom stereocenters. The standard InChI is InChI=1S/C29H40ClN3O2/c1-22(2)14-16-33(28-5-4-15-32(19-28)18-23(3)17-26(31)20-34)27-10-12-29(13-11-27)35-21-24-6-8-25(30)9-7-24/h6-14,20,23,26,28H,4-5,15-19,21,31H2,1-3H3. The molecule has 3 unspecified atom stereocenters. The minimum Gasteiger partial charge on any atom is -0.489 e. The number of nitrogens with zero attached hydrogens (tertiary/aromatic N) is 2. The number of benzene rings is 2. The third-order valence-electron chi connectivity index (χ3n) is 6.52. The molecular weight excluding hydrogens is 458 g/mol. The number of hydrogen-bond donors (Lipinski definition) is 1. The molecule has 1 saturated heterocycles. The van der Waals surface area contributed by atoms with E-state index >= 15 is 0 Å². The third kappa shape index (κ3) is 8.99. The monoisotopic (exact) mass is 497 g/mol. The van der Waals surface area contributed by atoms with Gasteiger partial charge in [0.1, 0.15) is 18.6 Å². The lowest BCUT2D eigenvalue weighted by molar-refractivity contribution is -0.109. The fourth-order valence-corrected chi connectivity index (χ4v) is 4.84. The van der Waals surface area contributed by atoms with Crippen molar-refractivity contribution in [3.05, 3.63) is 70.8 Å². The minimum absolute atomic E-state index is 0.361. The first-order valence-electron chi connectivity index (χ1n) is 12.6. The Labute approximate surface area is 215 Å². The van der Waals surface area contributed by atoms with Crippen LogP contribution >= 0.6 is 11.6 Å². The molecule has 6 heteroatoms. The van der Waals surface area contributed by atoms with Crippen LogP contribution in [0.25, 0.3) is 0 Å². The molecule has 2 aromatic rings. The van der Waals surface area contributed by atoms with E-state index in [1.165, 1.54) is 24.1 Å². The van der Waals surface area contributed by atoms with Gasteiger partial charge in [0.05, 0.1) is 6.04 Å². The van der Waals surface area contributed by atoms with Gasteiger partial charge >= 0.3 is 0 Å². The molecule has 0 radical (unpaired) electrons. The fraction of sp³-hybridized carbons (Fsp3) is 0.483. The lowest BCUT2D eigenvalue weighted by atomic mass is 9.98. The Morgan fingerprint density at radius 3 is 2.57 bits per heavy atom. The third-order valence-corrected chi connectivity index (χ3v) is 6.78. The van der Waals surface area contributed by atoms with Crippen LogP contribution in [0.4, 0.5) is 5.69 Å². The smallest absolute Gasteiger partial charge is 0.136 e. The fourth-order valence-electron chi connectivity index (χ4n) is 4.71. The molecule has 1 aliphatic rings. The van der Waals surface area contributed by atoms with Crippen LogP contribution in [0, 0.1) is 5.92 Å². The number of likely N-dealkylation sites (tertiary alicyclic amines) is 1. The number of halogens is 1. The first-order valence-corrected chi connectivity index (χ1v) is 13.0. The van der Waals surface area contributed by atoms with Gasteiger partial charge in [-0.25, -0.2) is 0 Å². The quantitative estimate of drug-likeness (QED) is 0.300. The first-order chi connectivity index (χ1) is 16.8. The number of piperidine rings is 1. The van der Waals surface area contributed by atoms with Crippen molar-refractivity contribution in [2.75, 3.05) is 31.1 Å². The van der Waals surface area contributed by atoms with Crippen molar-refractivity contribution in [1.82, 2.24) is 4.90 Å². The van der Waals surface area contributed by atoms with E-state index in [1.54, 1.807) is 0 Å². The SMILES string of the molecule is CC(C)=CCN(c1ccc(OCc2ccc(Cl)cc2)cc1)C1CCCN(CC(C)CC(N)C=O)C1. The molecule has 1 aliphatic heterocycles. The maximum atomic E-state index is 10.9. The van der Waals surface area contributed by atoms with Gasteiger partial charge in [0.15, 0.2) is 0 Å². The second kappa shape index (κ2) is 13.7. The molecular formula is C29H40ClN3O2. The molecule has 1 heterocycles. The summed E-state index contributed by atoms with van der Waals surface area (Å²) in [5, 5.41) is 0.731. The Hall–Kier alpha value is -2.34. The highest BCUT2D eigenvalue weighted by Gasteiger charge is 2.26. The van der Waals surface area contributed by atoms with Gasteiger partial charge in [0, 0.05) is 36.4 Å². The van der Waals surface area contributed by atoms with Crippen molar-refractivity contribution in [3.8, 4) is 5.75 Å². The van der Waals surface area contributed by atoms with E-state index in [2.05, 4.69) is 60.9 Å². The van der Waals surface area contributed by atoms with Crippen molar-refractivity contribution in [2.24, 2.45) is 11.7 Å². The largest absolute Gasteiger partial charge is 0.489 e. The van der Waals surface area contributed by atoms with Crippen LogP contribution in [0.3, 0.4) is 0 Å². The van der Waals surface area contributed by atoms with E-state index in [-0.39, 0.29) is 6.04 Å². The van der Waals surface area contributed by atoms with Crippen molar-refractivity contribution < 1.29 is 9.53 Å². The molecule has 2 aromatic carbocycles. The summed E-state index contributed by atoms with van der Waals surface area (Å²) in [6.07, 6.45) is 6.24. The highest BCUT2D eigenvalue weighted by Crippen LogP contribution is 2.27. The van der Waals surface area contributed by atoms with E-state index in [1.807, 2.05) is 24.3 Å². The number of hydrogen-bond acceptors (Lipinski definition) is 5. The van der Waals surface area contributed by atoms with Gasteiger partial charge < -0.3 is 25.1 Å². The van der Waals surface area contributed by atoms with Gasteiger partial charge in [-0.2, -0.15) is 0 Å². The Bertz CT molecular complexity index is 941. The molecule has 2 N–H and O–H groups in total. The lowest BCUT2D eigenvalue weighted by Crippen LogP contribution is -2.49. The molecule has 35 heavy (non-hydrogen) atoms. The average molecular weight is 498 g/mol. The summed E-state index contributed by atoms with van der Waals surface area (Å²) in [7, 11) is 0. The molecule has 5 nitrogen and oxygen atoms in total. The van der Waals surface area contributed by atoms with Crippen molar-refractivity contribution >= 4 is 23.6 Å². The van der Waals surface area contributed by atoms with Gasteiger partial charge in [-0.3, -0.25) is 0 Å². The number of nitrogens with two attached hydrogens (primary N) is 1. The van der Waals surface area contributed by atoms with Gasteiger partial charge in [-0.1, -0.05) is 42.3 Å². The Balaban J connectivity index is 1.65. The van der Waals surface area contributed by atoms with Gasteiger partial charge in [0.25, 0.3) is 0 Å². The number of aldehydes is 1. The number of rotatable bonds is 12. The molecule has 1 fully saturated rings. The van der Waals surface area contributed by atoms with Gasteiger partial charge in [-0.15, -0.1) is 0 Å². The zero-order chi connectivity index (χ0) is 25.2. The summed E-state index contributed by atoms with van der Waals surface area (Å²) >= 11 is 5.97. The number of carbonyl (C=O) groups excluding carboxylic acids is 1. The van der Waals surface area contributed by atoms with Crippen LogP contribution in [0.2, 0.25) is 5.02 Å². The maximum absolute atomic E-state index is 10.9. The first kappa shape index (κ1) is 27.3. The topological polar surface area (TPSA) is 58.8 Å². The number of anilines is 1. The van der Waals surface area contributed by atoms with Crippen molar-refractivity contribution in [3.63, 3.8) is 0 Å². The Kier molecular flexibility index (Phi) is 10.6. The summed E-state index contributed by atoms with van der Waals surface area (Å²) < 4.78 is 6.00. The van der Waals surface area contributed by atoms with E-state index in [4.69, 9.17) is 22.1 Å². The van der Waals surface area contributed by atoms with E-state index in [0.717, 1.165) is 55.2 Å². The molecule has 0 spiro atoms. The van der Waals surface area contributed by atoms with Crippen molar-refractivity contribution in [1.29, 1.82) is 0 Å². The van der Waals surface area contributed by atoms with Crippen LogP contribution in [-0.2, 0) is 11.4 Å². The van der Waals surface area contributed by atoms with E-state index < -0.39 is 0 Å². The molecule has 0 aromatic heterocycles. The van der Waals surface area contributed by atoms with E-state index in [0.29, 0.717) is 18.6 Å². The highest BCUT2D eigenvalue weighted by atomic mass is 35.5. The number of ether oxygens (including phenoxy) is 1. The van der Waals surface area contributed by atoms with Crippen molar-refractivity contribution in [2.45, 2.75) is 58.7 Å². The van der Waals surface area contributed by atoms with E-state index in [9.17, 15) is 4.79 Å². The predicted octanol–water partition coefficient (Wildman–Crippen LogP) is 5.71. The number of carbonyl (C=O) groups is 1. The van der Waals surface area contributed by atoms with Crippen LogP contribution in [-0.4, -0.2) is 49.4 Å². The highest BCUT2D eigenvalue weighted by molar-refractivity contribution is 6.30. The summed E-state index contributed by atoms with van der Waals surface area (Å²) in [6.45, 7) is 11.0. The second-order valence-corrected chi connectivity index (χ2v) is 10.5. The summed E-state index contributed by atoms with van der Waals surface area (Å²) in [5.74, 6) is 1.26. The number of allylic oxidation sites excluding steroid dienone is 1. The average Bonchev–Trinajstić information content (AvgIpc) is 2.84. The Morgan fingerprint density at radius 1 is 1.20 bits per heavy atom. The molecule has 0 aliphatic carbocycles. The van der Waals surface area contributed by atoms with Gasteiger partial charge in [0.2, 0.25) is 0 Å². The molecule has 0 saturated carbocycles. The van der Waals surface area contributed by atoms with Crippen LogP contribution in [0.5, 0.6) is 5.75 Å². The summed E-state index contributed by atoms with van der Waals surface area (Å²) in [4.78, 5) is 16.0. The molecule has 0 amide bonds. The molecule has 190 valence electrons. The van der Waals surface area contributed by atoms with Gasteiger partial charge in [-0.05, 0) is 87.5 Å². The normalized spacial score (nSPS) is 17.9. The summed E-state index contributed by atoms with van der Waals surface area (Å²) in [5.41, 5.74) is 9.48. The molecule has 0 bridgehead atoms. The lowest BCUT2D eigenvalue weighted by Gasteiger charge is -2.41. The van der Waals surface area contributed by atoms with Crippen LogP contribution in [0.1, 0.15) is 45.6 Å². The zero-order valence-corrected chi connectivity index (χ0v) is 22.1. The molecule has 3 rings (SSSR count). The predicted molar refractivity (Wildman–Crippen MR) is 146 cm³/mol. The maximum Gasteiger partial charge on any atom is 0.136 e. The minimum atomic E-state index is -0.361. The van der Waals surface area contributed by atoms with Crippen LogP contribution < -0.4 is 15.4 Å².